The van der Waals surface area contributed by atoms with Crippen LogP contribution >= 0.6 is 0 Å². The second-order valence-corrected chi connectivity index (χ2v) is 7.02. The number of carbonyl (C=O) groups is 1. The Balaban J connectivity index is 1.64. The molecule has 0 bridgehead atoms. The number of benzene rings is 1. The van der Waals surface area contributed by atoms with E-state index in [2.05, 4.69) is 9.88 Å². The Labute approximate surface area is 160 Å². The third kappa shape index (κ3) is 4.44. The minimum Gasteiger partial charge on any atom is -0.487 e. The number of carboxylic acids is 1. The summed E-state index contributed by atoms with van der Waals surface area (Å²) in [6.07, 6.45) is -3.29. The van der Waals surface area contributed by atoms with E-state index >= 15 is 0 Å². The van der Waals surface area contributed by atoms with E-state index < -0.39 is 17.7 Å². The third-order valence-corrected chi connectivity index (χ3v) is 5.07. The molecular formula is C20H21F3N2O3. The van der Waals surface area contributed by atoms with Gasteiger partial charge in [-0.2, -0.15) is 13.2 Å². The highest BCUT2D eigenvalue weighted by Crippen LogP contribution is 2.30. The monoisotopic (exact) mass is 394 g/mol. The summed E-state index contributed by atoms with van der Waals surface area (Å²) in [4.78, 5) is 16.9. The van der Waals surface area contributed by atoms with Crippen LogP contribution in [-0.4, -0.2) is 34.0 Å². The predicted octanol–water partition coefficient (Wildman–Crippen LogP) is 3.81. The largest absolute Gasteiger partial charge is 0.487 e. The summed E-state index contributed by atoms with van der Waals surface area (Å²) in [6.45, 7) is 5.51. The van der Waals surface area contributed by atoms with Crippen molar-refractivity contribution in [3.05, 3.63) is 58.4 Å². The van der Waals surface area contributed by atoms with E-state index in [1.165, 1.54) is 0 Å². The van der Waals surface area contributed by atoms with Gasteiger partial charge in [0.1, 0.15) is 12.4 Å². The second-order valence-electron chi connectivity index (χ2n) is 7.02. The molecule has 8 heteroatoms. The first-order valence-electron chi connectivity index (χ1n) is 8.84. The van der Waals surface area contributed by atoms with Gasteiger partial charge in [0.15, 0.2) is 0 Å². The highest BCUT2D eigenvalue weighted by Gasteiger charge is 2.32. The zero-order valence-corrected chi connectivity index (χ0v) is 15.6. The van der Waals surface area contributed by atoms with E-state index in [1.807, 2.05) is 19.9 Å². The molecule has 2 aromatic rings. The number of hydrogen-bond acceptors (Lipinski definition) is 4. The lowest BCUT2D eigenvalue weighted by Gasteiger charge is -2.37. The maximum atomic E-state index is 12.8. The molecule has 1 N–H and O–H groups in total. The van der Waals surface area contributed by atoms with Crippen molar-refractivity contribution in [3.8, 4) is 5.75 Å². The molecule has 150 valence electrons. The molecule has 1 aliphatic heterocycles. The van der Waals surface area contributed by atoms with E-state index in [-0.39, 0.29) is 18.2 Å². The number of likely N-dealkylation sites (tertiary alicyclic amines) is 1. The first-order chi connectivity index (χ1) is 13.1. The molecule has 1 aromatic heterocycles. The number of ether oxygens (including phenoxy) is 1. The van der Waals surface area contributed by atoms with Crippen LogP contribution in [0, 0.1) is 19.8 Å². The number of hydrogen-bond donors (Lipinski definition) is 1. The van der Waals surface area contributed by atoms with Crippen LogP contribution in [0.2, 0.25) is 0 Å². The van der Waals surface area contributed by atoms with E-state index in [9.17, 15) is 18.0 Å². The average Bonchev–Trinajstić information content (AvgIpc) is 2.59. The normalized spacial score (nSPS) is 15.3. The molecule has 0 spiro atoms. The molecule has 0 atom stereocenters. The van der Waals surface area contributed by atoms with Gasteiger partial charge in [0, 0.05) is 25.8 Å². The zero-order chi connectivity index (χ0) is 20.5. The molecule has 1 aromatic carbocycles. The summed E-state index contributed by atoms with van der Waals surface area (Å²) in [5.41, 5.74) is 2.45. The highest BCUT2D eigenvalue weighted by molar-refractivity contribution is 5.71. The van der Waals surface area contributed by atoms with Crippen LogP contribution in [-0.2, 0) is 24.1 Å². The second kappa shape index (κ2) is 7.79. The van der Waals surface area contributed by atoms with Crippen molar-refractivity contribution in [2.45, 2.75) is 33.2 Å². The van der Waals surface area contributed by atoms with Crippen LogP contribution < -0.4 is 4.74 Å². The number of halogens is 3. The summed E-state index contributed by atoms with van der Waals surface area (Å²) in [5, 5.41) is 8.96. The van der Waals surface area contributed by atoms with E-state index in [0.717, 1.165) is 35.0 Å². The first-order valence-corrected chi connectivity index (χ1v) is 8.84. The van der Waals surface area contributed by atoms with Gasteiger partial charge in [0.2, 0.25) is 0 Å². The molecule has 5 nitrogen and oxygen atoms in total. The molecule has 3 rings (SSSR count). The molecule has 1 aliphatic rings. The van der Waals surface area contributed by atoms with Crippen molar-refractivity contribution in [2.24, 2.45) is 5.92 Å². The fraction of sp³-hybridized carbons (Fsp3) is 0.400. The summed E-state index contributed by atoms with van der Waals surface area (Å²) in [7, 11) is 0. The Kier molecular flexibility index (Phi) is 5.60. The maximum Gasteiger partial charge on any atom is 0.416 e. The Morgan fingerprint density at radius 1 is 1.25 bits per heavy atom. The van der Waals surface area contributed by atoms with Gasteiger partial charge in [-0.05, 0) is 48.7 Å². The van der Waals surface area contributed by atoms with Crippen LogP contribution in [0.3, 0.4) is 0 Å². The fourth-order valence-electron chi connectivity index (χ4n) is 3.16. The minimum absolute atomic E-state index is 0.0596. The van der Waals surface area contributed by atoms with E-state index in [1.54, 1.807) is 6.07 Å². The molecule has 0 amide bonds. The van der Waals surface area contributed by atoms with Crippen molar-refractivity contribution in [2.75, 3.05) is 13.1 Å². The van der Waals surface area contributed by atoms with Gasteiger partial charge in [-0.15, -0.1) is 0 Å². The Bertz CT molecular complexity index is 877. The molecule has 0 saturated carbocycles. The standard InChI is InChI=1S/C20H21F3N2O3/c1-12-13(2)18(4-3-14(12)8-25-9-15(10-25)19(26)27)28-11-17-7-16(5-6-24-17)20(21,22)23/h3-7,15H,8-11H2,1-2H3,(H,26,27). The smallest absolute Gasteiger partial charge is 0.416 e. The predicted molar refractivity (Wildman–Crippen MR) is 95.9 cm³/mol. The minimum atomic E-state index is -4.41. The van der Waals surface area contributed by atoms with Crippen LogP contribution in [0.5, 0.6) is 5.75 Å². The van der Waals surface area contributed by atoms with Gasteiger partial charge in [-0.25, -0.2) is 0 Å². The van der Waals surface area contributed by atoms with E-state index in [0.29, 0.717) is 25.4 Å². The summed E-state index contributed by atoms with van der Waals surface area (Å²) in [5.74, 6) is -0.479. The molecule has 1 saturated heterocycles. The number of aliphatic carboxylic acids is 1. The van der Waals surface area contributed by atoms with Crippen molar-refractivity contribution in [1.82, 2.24) is 9.88 Å². The lowest BCUT2D eigenvalue weighted by Crippen LogP contribution is -2.49. The molecule has 0 radical (unpaired) electrons. The number of carboxylic acid groups (broad SMARTS) is 1. The van der Waals surface area contributed by atoms with Crippen LogP contribution in [0.25, 0.3) is 0 Å². The lowest BCUT2D eigenvalue weighted by atomic mass is 9.97. The molecule has 1 fully saturated rings. The van der Waals surface area contributed by atoms with Gasteiger partial charge < -0.3 is 9.84 Å². The summed E-state index contributed by atoms with van der Waals surface area (Å²) < 4.78 is 44.1. The van der Waals surface area contributed by atoms with Crippen molar-refractivity contribution in [1.29, 1.82) is 0 Å². The van der Waals surface area contributed by atoms with Gasteiger partial charge in [-0.3, -0.25) is 14.7 Å². The SMILES string of the molecule is Cc1c(CN2CC(C(=O)O)C2)ccc(OCc2cc(C(F)(F)F)ccn2)c1C. The number of rotatable bonds is 6. The molecule has 28 heavy (non-hydrogen) atoms. The fourth-order valence-corrected chi connectivity index (χ4v) is 3.16. The lowest BCUT2D eigenvalue weighted by molar-refractivity contribution is -0.147. The van der Waals surface area contributed by atoms with E-state index in [4.69, 9.17) is 9.84 Å². The number of nitrogens with zero attached hydrogens (tertiary/aromatic N) is 2. The van der Waals surface area contributed by atoms with Crippen molar-refractivity contribution < 1.29 is 27.8 Å². The maximum absolute atomic E-state index is 12.8. The van der Waals surface area contributed by atoms with Gasteiger partial charge in [-0.1, -0.05) is 6.07 Å². The Morgan fingerprint density at radius 3 is 2.61 bits per heavy atom. The van der Waals surface area contributed by atoms with Crippen LogP contribution in [0.15, 0.2) is 30.5 Å². The van der Waals surface area contributed by atoms with Gasteiger partial charge in [0.05, 0.1) is 17.2 Å². The van der Waals surface area contributed by atoms with Crippen LogP contribution in [0.1, 0.15) is 27.9 Å². The Morgan fingerprint density at radius 2 is 1.96 bits per heavy atom. The number of pyridine rings is 1. The van der Waals surface area contributed by atoms with Gasteiger partial charge in [0.25, 0.3) is 0 Å². The molecular weight excluding hydrogens is 373 g/mol. The zero-order valence-electron chi connectivity index (χ0n) is 15.6. The first kappa shape index (κ1) is 20.1. The Hall–Kier alpha value is -2.61. The quantitative estimate of drug-likeness (QED) is 0.807. The summed E-state index contributed by atoms with van der Waals surface area (Å²) in [6, 6.07) is 5.61. The highest BCUT2D eigenvalue weighted by atomic mass is 19.4. The molecule has 2 heterocycles. The van der Waals surface area contributed by atoms with Crippen molar-refractivity contribution in [3.63, 3.8) is 0 Å². The van der Waals surface area contributed by atoms with Crippen molar-refractivity contribution >= 4 is 5.97 Å². The summed E-state index contributed by atoms with van der Waals surface area (Å²) >= 11 is 0. The van der Waals surface area contributed by atoms with Crippen LogP contribution in [0.4, 0.5) is 13.2 Å². The topological polar surface area (TPSA) is 62.7 Å². The third-order valence-electron chi connectivity index (χ3n) is 5.07. The number of aromatic nitrogens is 1. The van der Waals surface area contributed by atoms with Gasteiger partial charge >= 0.3 is 12.1 Å². The number of alkyl halides is 3. The average molecular weight is 394 g/mol. The molecule has 0 aliphatic carbocycles. The molecule has 0 unspecified atom stereocenters.